The SMILES string of the molecule is C[C@@H](S[C@H](C)c1ccc(Cl)cc1)C(N)=O. The van der Waals surface area contributed by atoms with Crippen LogP contribution in [0.2, 0.25) is 5.02 Å². The van der Waals surface area contributed by atoms with Gasteiger partial charge in [-0.15, -0.1) is 11.8 Å². The second kappa shape index (κ2) is 5.42. The molecular weight excluding hydrogens is 230 g/mol. The zero-order valence-corrected chi connectivity index (χ0v) is 10.3. The zero-order valence-electron chi connectivity index (χ0n) is 8.74. The number of primary amides is 1. The number of halogens is 1. The summed E-state index contributed by atoms with van der Waals surface area (Å²) >= 11 is 7.34. The number of carbonyl (C=O) groups is 1. The van der Waals surface area contributed by atoms with E-state index in [1.54, 1.807) is 11.8 Å². The average Bonchev–Trinajstić information content (AvgIpc) is 2.18. The van der Waals surface area contributed by atoms with Crippen molar-refractivity contribution >= 4 is 29.3 Å². The van der Waals surface area contributed by atoms with E-state index in [1.807, 2.05) is 38.1 Å². The van der Waals surface area contributed by atoms with Crippen LogP contribution in [-0.4, -0.2) is 11.2 Å². The summed E-state index contributed by atoms with van der Waals surface area (Å²) in [5, 5.41) is 0.791. The molecular formula is C11H14ClNOS. The van der Waals surface area contributed by atoms with Crippen molar-refractivity contribution in [3.63, 3.8) is 0 Å². The molecule has 0 aliphatic rings. The van der Waals surface area contributed by atoms with E-state index in [1.165, 1.54) is 0 Å². The van der Waals surface area contributed by atoms with Crippen LogP contribution in [0.5, 0.6) is 0 Å². The third-order valence-electron chi connectivity index (χ3n) is 2.15. The minimum absolute atomic E-state index is 0.171. The van der Waals surface area contributed by atoms with Gasteiger partial charge in [-0.1, -0.05) is 23.7 Å². The molecule has 0 aromatic heterocycles. The Labute approximate surface area is 99.2 Å². The van der Waals surface area contributed by atoms with Crippen molar-refractivity contribution in [2.45, 2.75) is 24.3 Å². The quantitative estimate of drug-likeness (QED) is 0.884. The number of hydrogen-bond acceptors (Lipinski definition) is 2. The second-order valence-electron chi connectivity index (χ2n) is 3.37. The molecule has 1 aromatic rings. The topological polar surface area (TPSA) is 43.1 Å². The summed E-state index contributed by atoms with van der Waals surface area (Å²) in [6, 6.07) is 7.63. The maximum absolute atomic E-state index is 10.9. The first-order chi connectivity index (χ1) is 7.00. The molecule has 0 aliphatic heterocycles. The Morgan fingerprint density at radius 2 is 1.87 bits per heavy atom. The molecule has 2 N–H and O–H groups in total. The van der Waals surface area contributed by atoms with Gasteiger partial charge in [-0.3, -0.25) is 4.79 Å². The van der Waals surface area contributed by atoms with Crippen molar-refractivity contribution in [1.29, 1.82) is 0 Å². The van der Waals surface area contributed by atoms with Gasteiger partial charge in [0.2, 0.25) is 5.91 Å². The van der Waals surface area contributed by atoms with E-state index in [0.717, 1.165) is 10.6 Å². The highest BCUT2D eigenvalue weighted by Gasteiger charge is 2.14. The van der Waals surface area contributed by atoms with Gasteiger partial charge in [-0.2, -0.15) is 0 Å². The molecule has 0 radical (unpaired) electrons. The largest absolute Gasteiger partial charge is 0.369 e. The predicted molar refractivity (Wildman–Crippen MR) is 66.1 cm³/mol. The molecule has 15 heavy (non-hydrogen) atoms. The molecule has 1 aromatic carbocycles. The minimum Gasteiger partial charge on any atom is -0.369 e. The monoisotopic (exact) mass is 243 g/mol. The number of carbonyl (C=O) groups excluding carboxylic acids is 1. The average molecular weight is 244 g/mol. The van der Waals surface area contributed by atoms with Gasteiger partial charge in [0.25, 0.3) is 0 Å². The van der Waals surface area contributed by atoms with E-state index < -0.39 is 0 Å². The Kier molecular flexibility index (Phi) is 4.48. The Hall–Kier alpha value is -0.670. The fourth-order valence-corrected chi connectivity index (χ4v) is 2.37. The smallest absolute Gasteiger partial charge is 0.230 e. The lowest BCUT2D eigenvalue weighted by Gasteiger charge is -2.14. The molecule has 0 bridgehead atoms. The van der Waals surface area contributed by atoms with Crippen molar-refractivity contribution < 1.29 is 4.79 Å². The molecule has 1 amide bonds. The Balaban J connectivity index is 2.64. The number of nitrogens with two attached hydrogens (primary N) is 1. The molecule has 82 valence electrons. The van der Waals surface area contributed by atoms with Crippen LogP contribution < -0.4 is 5.73 Å². The van der Waals surface area contributed by atoms with Gasteiger partial charge in [0.05, 0.1) is 5.25 Å². The number of hydrogen-bond donors (Lipinski definition) is 1. The predicted octanol–water partition coefficient (Wildman–Crippen LogP) is 3.01. The van der Waals surface area contributed by atoms with E-state index in [0.29, 0.717) is 0 Å². The van der Waals surface area contributed by atoms with Crippen LogP contribution in [0.3, 0.4) is 0 Å². The molecule has 0 fully saturated rings. The minimum atomic E-state index is -0.277. The highest BCUT2D eigenvalue weighted by molar-refractivity contribution is 8.00. The second-order valence-corrected chi connectivity index (χ2v) is 5.50. The van der Waals surface area contributed by atoms with Crippen LogP contribution >= 0.6 is 23.4 Å². The lowest BCUT2D eigenvalue weighted by atomic mass is 10.2. The third-order valence-corrected chi connectivity index (χ3v) is 3.72. The Bertz CT molecular complexity index is 339. The van der Waals surface area contributed by atoms with Gasteiger partial charge in [0, 0.05) is 10.3 Å². The maximum Gasteiger partial charge on any atom is 0.230 e. The van der Waals surface area contributed by atoms with Crippen LogP contribution in [0.4, 0.5) is 0 Å². The first-order valence-electron chi connectivity index (χ1n) is 4.71. The van der Waals surface area contributed by atoms with Crippen LogP contribution in [-0.2, 0) is 4.79 Å². The summed E-state index contributed by atoms with van der Waals surface area (Å²) in [5.41, 5.74) is 6.36. The third kappa shape index (κ3) is 3.76. The lowest BCUT2D eigenvalue weighted by Crippen LogP contribution is -2.23. The number of rotatable bonds is 4. The van der Waals surface area contributed by atoms with Crippen molar-refractivity contribution in [3.8, 4) is 0 Å². The number of amides is 1. The Morgan fingerprint density at radius 1 is 1.33 bits per heavy atom. The summed E-state index contributed by atoms with van der Waals surface area (Å²) in [5.74, 6) is -0.277. The highest BCUT2D eigenvalue weighted by atomic mass is 35.5. The summed E-state index contributed by atoms with van der Waals surface area (Å²) in [4.78, 5) is 10.9. The van der Waals surface area contributed by atoms with Crippen LogP contribution in [0.15, 0.2) is 24.3 Å². The van der Waals surface area contributed by atoms with E-state index >= 15 is 0 Å². The molecule has 0 unspecified atom stereocenters. The molecule has 0 spiro atoms. The van der Waals surface area contributed by atoms with E-state index in [9.17, 15) is 4.79 Å². The summed E-state index contributed by atoms with van der Waals surface area (Å²) in [6.45, 7) is 3.87. The van der Waals surface area contributed by atoms with Crippen LogP contribution in [0, 0.1) is 0 Å². The molecule has 0 heterocycles. The van der Waals surface area contributed by atoms with Crippen LogP contribution in [0.25, 0.3) is 0 Å². The first-order valence-corrected chi connectivity index (χ1v) is 6.03. The van der Waals surface area contributed by atoms with E-state index in [2.05, 4.69) is 0 Å². The number of benzene rings is 1. The van der Waals surface area contributed by atoms with Crippen molar-refractivity contribution in [2.75, 3.05) is 0 Å². The summed E-state index contributed by atoms with van der Waals surface area (Å²) in [6.07, 6.45) is 0. The molecule has 1 rings (SSSR count). The van der Waals surface area contributed by atoms with Gasteiger partial charge < -0.3 is 5.73 Å². The van der Waals surface area contributed by atoms with Gasteiger partial charge in [0.15, 0.2) is 0 Å². The van der Waals surface area contributed by atoms with Crippen molar-refractivity contribution in [1.82, 2.24) is 0 Å². The molecule has 4 heteroatoms. The highest BCUT2D eigenvalue weighted by Crippen LogP contribution is 2.31. The molecule has 2 atom stereocenters. The van der Waals surface area contributed by atoms with Crippen LogP contribution in [0.1, 0.15) is 24.7 Å². The van der Waals surface area contributed by atoms with Gasteiger partial charge >= 0.3 is 0 Å². The van der Waals surface area contributed by atoms with Gasteiger partial charge in [-0.25, -0.2) is 0 Å². The van der Waals surface area contributed by atoms with Crippen molar-refractivity contribution in [2.24, 2.45) is 5.73 Å². The van der Waals surface area contributed by atoms with Gasteiger partial charge in [-0.05, 0) is 31.5 Å². The molecule has 2 nitrogen and oxygen atoms in total. The van der Waals surface area contributed by atoms with E-state index in [-0.39, 0.29) is 16.4 Å². The maximum atomic E-state index is 10.9. The van der Waals surface area contributed by atoms with Crippen molar-refractivity contribution in [3.05, 3.63) is 34.9 Å². The lowest BCUT2D eigenvalue weighted by molar-refractivity contribution is -0.117. The zero-order chi connectivity index (χ0) is 11.4. The first kappa shape index (κ1) is 12.4. The molecule has 0 saturated heterocycles. The fraction of sp³-hybridized carbons (Fsp3) is 0.364. The molecule has 0 aliphatic carbocycles. The standard InChI is InChI=1S/C11H14ClNOS/c1-7(15-8(2)11(13)14)9-3-5-10(12)6-4-9/h3-8H,1-2H3,(H2,13,14)/t7-,8-/m1/s1. The summed E-state index contributed by atoms with van der Waals surface area (Å²) < 4.78 is 0. The normalized spacial score (nSPS) is 14.6. The van der Waals surface area contributed by atoms with Gasteiger partial charge in [0.1, 0.15) is 0 Å². The van der Waals surface area contributed by atoms with E-state index in [4.69, 9.17) is 17.3 Å². The summed E-state index contributed by atoms with van der Waals surface area (Å²) in [7, 11) is 0. The Morgan fingerprint density at radius 3 is 2.33 bits per heavy atom. The molecule has 0 saturated carbocycles. The number of thioether (sulfide) groups is 1. The fourth-order valence-electron chi connectivity index (χ4n) is 1.19.